The van der Waals surface area contributed by atoms with E-state index in [0.717, 1.165) is 31.6 Å². The zero-order chi connectivity index (χ0) is 33.6. The highest BCUT2D eigenvalue weighted by atomic mass is 35.5. The number of nitrogens with zero attached hydrogens (tertiary/aromatic N) is 3. The van der Waals surface area contributed by atoms with Gasteiger partial charge < -0.3 is 10.0 Å². The van der Waals surface area contributed by atoms with Gasteiger partial charge in [0, 0.05) is 11.6 Å². The molecule has 11 heteroatoms. The molecule has 2 aromatic rings. The van der Waals surface area contributed by atoms with Crippen molar-refractivity contribution in [2.24, 2.45) is 0 Å². The van der Waals surface area contributed by atoms with Crippen molar-refractivity contribution in [3.63, 3.8) is 0 Å². The van der Waals surface area contributed by atoms with Crippen LogP contribution < -0.4 is 0 Å². The van der Waals surface area contributed by atoms with Gasteiger partial charge in [-0.3, -0.25) is 9.80 Å². The van der Waals surface area contributed by atoms with E-state index in [2.05, 4.69) is 11.8 Å². The van der Waals surface area contributed by atoms with Gasteiger partial charge in [-0.15, -0.1) is 11.8 Å². The lowest BCUT2D eigenvalue weighted by molar-refractivity contribution is -0.148. The summed E-state index contributed by atoms with van der Waals surface area (Å²) in [6, 6.07) is 8.86. The Balaban J connectivity index is 1.63. The number of aryl methyl sites for hydroxylation is 1. The van der Waals surface area contributed by atoms with Crippen LogP contribution in [0, 0.1) is 19.7 Å². The van der Waals surface area contributed by atoms with Crippen molar-refractivity contribution >= 4 is 29.3 Å². The second kappa shape index (κ2) is 16.0. The van der Waals surface area contributed by atoms with Gasteiger partial charge in [-0.05, 0) is 156 Å². The first-order valence-corrected chi connectivity index (χ1v) is 17.9. The zero-order valence-corrected chi connectivity index (χ0v) is 29.0. The third-order valence-corrected chi connectivity index (χ3v) is 11.6. The Kier molecular flexibility index (Phi) is 12.9. The van der Waals surface area contributed by atoms with E-state index in [4.69, 9.17) is 11.6 Å². The van der Waals surface area contributed by atoms with Crippen molar-refractivity contribution in [3.8, 4) is 0 Å². The van der Waals surface area contributed by atoms with Crippen molar-refractivity contribution in [2.75, 3.05) is 59.1 Å². The van der Waals surface area contributed by atoms with Crippen LogP contribution in [0.5, 0.6) is 0 Å². The first-order chi connectivity index (χ1) is 21.8. The van der Waals surface area contributed by atoms with E-state index in [9.17, 15) is 23.1 Å². The van der Waals surface area contributed by atoms with E-state index >= 15 is 4.39 Å². The van der Waals surface area contributed by atoms with Gasteiger partial charge in [0.1, 0.15) is 5.82 Å². The lowest BCUT2D eigenvalue weighted by Crippen LogP contribution is -2.49. The highest BCUT2D eigenvalue weighted by Gasteiger charge is 2.47. The van der Waals surface area contributed by atoms with Gasteiger partial charge in [-0.25, -0.2) is 9.18 Å². The maximum Gasteiger partial charge on any atom is 0.401 e. The second-order valence-corrected chi connectivity index (χ2v) is 14.5. The molecule has 5 nitrogen and oxygen atoms in total. The minimum absolute atomic E-state index is 0.156. The van der Waals surface area contributed by atoms with Crippen LogP contribution in [0.1, 0.15) is 84.6 Å². The average Bonchev–Trinajstić information content (AvgIpc) is 3.01. The quantitative estimate of drug-likeness (QED) is 0.169. The second-order valence-electron chi connectivity index (χ2n) is 13.1. The molecule has 256 valence electrons. The maximum atomic E-state index is 15.1. The topological polar surface area (TPSA) is 47.0 Å². The molecule has 1 N–H and O–H groups in total. The van der Waals surface area contributed by atoms with Crippen LogP contribution in [0.4, 0.5) is 17.6 Å². The highest BCUT2D eigenvalue weighted by Crippen LogP contribution is 2.46. The van der Waals surface area contributed by atoms with Crippen LogP contribution >= 0.6 is 23.4 Å². The Labute approximate surface area is 280 Å². The molecule has 0 bridgehead atoms. The Hall–Kier alpha value is -1.85. The van der Waals surface area contributed by atoms with Crippen LogP contribution in [0.3, 0.4) is 0 Å². The van der Waals surface area contributed by atoms with Gasteiger partial charge in [-0.2, -0.15) is 13.2 Å². The summed E-state index contributed by atoms with van der Waals surface area (Å²) in [7, 11) is 1.81. The monoisotopic (exact) mass is 685 g/mol. The normalized spacial score (nSPS) is 19.3. The van der Waals surface area contributed by atoms with Gasteiger partial charge in [0.25, 0.3) is 0 Å². The van der Waals surface area contributed by atoms with Gasteiger partial charge in [0.2, 0.25) is 0 Å². The van der Waals surface area contributed by atoms with E-state index in [1.165, 1.54) is 47.6 Å². The number of carboxylic acids is 1. The summed E-state index contributed by atoms with van der Waals surface area (Å²) in [6.07, 6.45) is 3.57. The Morgan fingerprint density at radius 3 is 2.33 bits per heavy atom. The highest BCUT2D eigenvalue weighted by molar-refractivity contribution is 8.00. The van der Waals surface area contributed by atoms with E-state index in [1.807, 2.05) is 30.1 Å². The molecule has 2 aliphatic rings. The Morgan fingerprint density at radius 1 is 1.04 bits per heavy atom. The van der Waals surface area contributed by atoms with Gasteiger partial charge in [-0.1, -0.05) is 30.2 Å². The molecule has 2 fully saturated rings. The summed E-state index contributed by atoms with van der Waals surface area (Å²) in [5, 5.41) is 11.6. The number of hydrogen-bond donors (Lipinski definition) is 1. The third kappa shape index (κ3) is 8.78. The number of piperidine rings is 2. The van der Waals surface area contributed by atoms with Crippen molar-refractivity contribution in [2.45, 2.75) is 81.7 Å². The van der Waals surface area contributed by atoms with Crippen LogP contribution in [0.25, 0.3) is 0 Å². The first kappa shape index (κ1) is 37.0. The Bertz CT molecular complexity index is 1330. The van der Waals surface area contributed by atoms with Crippen LogP contribution in [-0.2, 0) is 9.67 Å². The summed E-state index contributed by atoms with van der Waals surface area (Å²) in [4.78, 5) is 17.6. The number of aliphatic carboxylic acids is 1. The summed E-state index contributed by atoms with van der Waals surface area (Å²) in [5.74, 6) is -1.58. The largest absolute Gasteiger partial charge is 0.479 e. The summed E-state index contributed by atoms with van der Waals surface area (Å²) >= 11 is 7.65. The van der Waals surface area contributed by atoms with E-state index in [1.54, 1.807) is 19.2 Å². The summed E-state index contributed by atoms with van der Waals surface area (Å²) < 4.78 is 54.3. The van der Waals surface area contributed by atoms with Crippen LogP contribution in [0.15, 0.2) is 30.3 Å². The van der Waals surface area contributed by atoms with Gasteiger partial charge in [0.05, 0.1) is 6.54 Å². The molecule has 0 unspecified atom stereocenters. The molecule has 0 saturated carbocycles. The smallest absolute Gasteiger partial charge is 0.401 e. The number of hydrogen-bond acceptors (Lipinski definition) is 5. The molecule has 0 spiro atoms. The number of likely N-dealkylation sites (N-methyl/N-ethyl adjacent to an activating group) is 1. The number of rotatable bonds is 13. The zero-order valence-electron chi connectivity index (χ0n) is 27.4. The van der Waals surface area contributed by atoms with Gasteiger partial charge in [0.15, 0.2) is 4.87 Å². The third-order valence-electron chi connectivity index (χ3n) is 10.1. The number of carbonyl (C=O) groups is 1. The fourth-order valence-electron chi connectivity index (χ4n) is 7.53. The summed E-state index contributed by atoms with van der Waals surface area (Å²) in [6.45, 7) is 6.80. The van der Waals surface area contributed by atoms with Gasteiger partial charge >= 0.3 is 12.1 Å². The molecule has 4 rings (SSSR count). The molecule has 0 aliphatic carbocycles. The molecule has 0 amide bonds. The van der Waals surface area contributed by atoms with Crippen molar-refractivity contribution in [3.05, 3.63) is 69.0 Å². The predicted molar refractivity (Wildman–Crippen MR) is 180 cm³/mol. The standard InChI is InChI=1S/C35H48ClF4N3O2S/c1-24-8-9-28(36)22-29(24)26(13-19-42-16-6-5-7-17-42)12-18-41(3)35(46-4,33(44)45)30-10-11-31(37)25(2)32(30)27-14-20-43(21-15-27)23-34(38,39)40/h8-11,22,26-27H,5-7,12-21,23H2,1-4H3,(H,44,45)/t26-,35+/m1/s1. The van der Waals surface area contributed by atoms with Crippen molar-refractivity contribution in [1.29, 1.82) is 0 Å². The molecule has 0 aromatic heterocycles. The molecule has 2 aliphatic heterocycles. The molecule has 2 saturated heterocycles. The lowest BCUT2D eigenvalue weighted by Gasteiger charge is -2.41. The lowest BCUT2D eigenvalue weighted by atomic mass is 9.81. The molecule has 2 atom stereocenters. The SMILES string of the molecule is CS[C@](C(=O)O)(c1ccc(F)c(C)c1C1CCN(CC(F)(F)F)CC1)N(C)CC[C@H](CCN1CCCCC1)c1cc(Cl)ccc1C. The number of benzene rings is 2. The molecule has 2 aromatic carbocycles. The molecule has 2 heterocycles. The first-order valence-electron chi connectivity index (χ1n) is 16.3. The Morgan fingerprint density at radius 2 is 1.72 bits per heavy atom. The summed E-state index contributed by atoms with van der Waals surface area (Å²) in [5.41, 5.74) is 3.81. The van der Waals surface area contributed by atoms with Crippen LogP contribution in [0.2, 0.25) is 5.02 Å². The fourth-order valence-corrected chi connectivity index (χ4v) is 8.68. The molecular formula is C35H48ClF4N3O2S. The van der Waals surface area contributed by atoms with Crippen LogP contribution in [-0.4, -0.2) is 91.1 Å². The molecular weight excluding hydrogens is 638 g/mol. The minimum atomic E-state index is -4.29. The number of thioether (sulfide) groups is 1. The molecule has 0 radical (unpaired) electrons. The van der Waals surface area contributed by atoms with E-state index < -0.39 is 29.4 Å². The maximum absolute atomic E-state index is 15.1. The number of carboxylic acid groups (broad SMARTS) is 1. The number of likely N-dealkylation sites (tertiary alicyclic amines) is 2. The molecule has 46 heavy (non-hydrogen) atoms. The number of halogens is 5. The van der Waals surface area contributed by atoms with E-state index in [0.29, 0.717) is 47.5 Å². The van der Waals surface area contributed by atoms with E-state index in [-0.39, 0.29) is 24.9 Å². The fraction of sp³-hybridized carbons (Fsp3) is 0.629. The average molecular weight is 686 g/mol. The van der Waals surface area contributed by atoms with Crippen molar-refractivity contribution < 1.29 is 27.5 Å². The minimum Gasteiger partial charge on any atom is -0.479 e. The van der Waals surface area contributed by atoms with Crippen molar-refractivity contribution in [1.82, 2.24) is 14.7 Å². The number of alkyl halides is 3. The predicted octanol–water partition coefficient (Wildman–Crippen LogP) is 8.42.